The van der Waals surface area contributed by atoms with Gasteiger partial charge in [-0.3, -0.25) is 9.48 Å². The van der Waals surface area contributed by atoms with Gasteiger partial charge in [0.1, 0.15) is 5.82 Å². The fourth-order valence-electron chi connectivity index (χ4n) is 7.74. The Hall–Kier alpha value is -3.27. The minimum absolute atomic E-state index is 0.0559. The number of hydrogen-bond donors (Lipinski definition) is 1. The summed E-state index contributed by atoms with van der Waals surface area (Å²) in [6, 6.07) is 6.25. The first-order valence-corrected chi connectivity index (χ1v) is 13.0. The van der Waals surface area contributed by atoms with Gasteiger partial charge in [0, 0.05) is 12.6 Å². The van der Waals surface area contributed by atoms with Gasteiger partial charge in [-0.1, -0.05) is 23.7 Å². The van der Waals surface area contributed by atoms with Crippen molar-refractivity contribution < 1.29 is 14.1 Å². The summed E-state index contributed by atoms with van der Waals surface area (Å²) >= 11 is 6.30. The van der Waals surface area contributed by atoms with E-state index in [1.54, 1.807) is 36.1 Å². The van der Waals surface area contributed by atoms with E-state index in [9.17, 15) is 19.3 Å². The fraction of sp³-hybridized carbons (Fsp3) is 0.500. The molecule has 4 aliphatic rings. The van der Waals surface area contributed by atoms with E-state index in [0.29, 0.717) is 36.2 Å². The molecule has 1 amide bonds. The minimum Gasteiger partial charge on any atom is -0.358 e. The van der Waals surface area contributed by atoms with Crippen LogP contribution in [-0.4, -0.2) is 30.4 Å². The molecule has 7 rings (SSSR count). The van der Waals surface area contributed by atoms with Crippen LogP contribution in [0.25, 0.3) is 0 Å². The highest BCUT2D eigenvalue weighted by molar-refractivity contribution is 6.33. The zero-order valence-electron chi connectivity index (χ0n) is 20.5. The number of nitrogens with zero attached hydrogens (tertiary/aromatic N) is 5. The van der Waals surface area contributed by atoms with Crippen molar-refractivity contribution in [1.82, 2.24) is 19.6 Å². The molecule has 4 aliphatic carbocycles. The van der Waals surface area contributed by atoms with E-state index >= 15 is 0 Å². The molecular formula is C26H28ClFN6O3. The Labute approximate surface area is 218 Å². The second-order valence-corrected chi connectivity index (χ2v) is 11.7. The maximum Gasteiger partial charge on any atom is 0.408 e. The number of benzene rings is 1. The highest BCUT2D eigenvalue weighted by Crippen LogP contribution is 2.65. The number of hydrogen-bond acceptors (Lipinski definition) is 5. The van der Waals surface area contributed by atoms with Crippen LogP contribution in [0.1, 0.15) is 56.2 Å². The summed E-state index contributed by atoms with van der Waals surface area (Å²) in [5.41, 5.74) is 1.65. The van der Waals surface area contributed by atoms with Gasteiger partial charge in [0.15, 0.2) is 5.02 Å². The molecule has 3 aromatic rings. The Bertz CT molecular complexity index is 1370. The third-order valence-electron chi connectivity index (χ3n) is 8.51. The average Bonchev–Trinajstić information content (AvgIpc) is 3.38. The molecule has 2 heterocycles. The van der Waals surface area contributed by atoms with Crippen molar-refractivity contribution in [2.24, 2.45) is 17.3 Å². The van der Waals surface area contributed by atoms with E-state index in [2.05, 4.69) is 15.5 Å². The average molecular weight is 527 g/mol. The Morgan fingerprint density at radius 1 is 1.24 bits per heavy atom. The Morgan fingerprint density at radius 3 is 2.59 bits per heavy atom. The molecule has 4 bridgehead atoms. The third kappa shape index (κ3) is 4.31. The fourth-order valence-corrected chi connectivity index (χ4v) is 7.93. The van der Waals surface area contributed by atoms with E-state index in [1.165, 1.54) is 12.1 Å². The number of carbonyl (C=O) groups is 1. The van der Waals surface area contributed by atoms with E-state index in [4.69, 9.17) is 11.6 Å². The molecule has 2 aromatic heterocycles. The molecule has 2 unspecified atom stereocenters. The van der Waals surface area contributed by atoms with Crippen molar-refractivity contribution in [2.45, 2.75) is 64.0 Å². The van der Waals surface area contributed by atoms with Gasteiger partial charge >= 0.3 is 5.82 Å². The summed E-state index contributed by atoms with van der Waals surface area (Å²) in [5.74, 6) is 0.300. The SMILES string of the molecule is Cc1c(Cl)c([N+](=O)[O-])nn1C12CC3CC(CC(CC(=O)Nc4cnn(Cc5ccc(F)cc5)c4)(C3)C1)C2. The maximum absolute atomic E-state index is 13.2. The summed E-state index contributed by atoms with van der Waals surface area (Å²) in [6.45, 7) is 2.27. The summed E-state index contributed by atoms with van der Waals surface area (Å²) in [6.07, 6.45) is 9.49. The molecule has 0 aliphatic heterocycles. The molecule has 0 saturated heterocycles. The number of amides is 1. The largest absolute Gasteiger partial charge is 0.408 e. The lowest BCUT2D eigenvalue weighted by molar-refractivity contribution is -0.389. The van der Waals surface area contributed by atoms with Gasteiger partial charge in [0.2, 0.25) is 5.91 Å². The van der Waals surface area contributed by atoms with Crippen LogP contribution in [0.5, 0.6) is 0 Å². The van der Waals surface area contributed by atoms with Crippen molar-refractivity contribution in [1.29, 1.82) is 0 Å². The number of nitrogens with one attached hydrogen (secondary N) is 1. The molecule has 11 heteroatoms. The van der Waals surface area contributed by atoms with Crippen molar-refractivity contribution in [3.63, 3.8) is 0 Å². The monoisotopic (exact) mass is 526 g/mol. The zero-order chi connectivity index (χ0) is 25.9. The predicted molar refractivity (Wildman–Crippen MR) is 135 cm³/mol. The van der Waals surface area contributed by atoms with Gasteiger partial charge in [-0.2, -0.15) is 9.78 Å². The van der Waals surface area contributed by atoms with Crippen molar-refractivity contribution >= 4 is 29.0 Å². The Kier molecular flexibility index (Phi) is 5.63. The molecule has 4 saturated carbocycles. The number of rotatable bonds is 7. The second kappa shape index (κ2) is 8.65. The number of carbonyl (C=O) groups excluding carboxylic acids is 1. The molecule has 194 valence electrons. The molecule has 0 spiro atoms. The van der Waals surface area contributed by atoms with Crippen LogP contribution >= 0.6 is 11.6 Å². The molecule has 37 heavy (non-hydrogen) atoms. The first-order chi connectivity index (χ1) is 17.6. The third-order valence-corrected chi connectivity index (χ3v) is 8.95. The van der Waals surface area contributed by atoms with E-state index < -0.39 is 4.92 Å². The Morgan fingerprint density at radius 2 is 1.95 bits per heavy atom. The standard InChI is InChI=1S/C26H28ClFN6O3/c1-16-23(27)24(34(36)37)31-33(16)26-9-18-6-19(10-26)8-25(7-18,15-26)11-22(35)30-21-12-29-32(14-21)13-17-2-4-20(28)5-3-17/h2-5,12,14,18-19H,6-11,13,15H2,1H3,(H,30,35). The van der Waals surface area contributed by atoms with Gasteiger partial charge in [-0.15, -0.1) is 0 Å². The van der Waals surface area contributed by atoms with Crippen LogP contribution < -0.4 is 5.32 Å². The van der Waals surface area contributed by atoms with Gasteiger partial charge in [-0.25, -0.2) is 4.39 Å². The second-order valence-electron chi connectivity index (χ2n) is 11.4. The normalized spacial score (nSPS) is 28.0. The molecule has 9 nitrogen and oxygen atoms in total. The van der Waals surface area contributed by atoms with Crippen LogP contribution in [0.2, 0.25) is 5.02 Å². The topological polar surface area (TPSA) is 108 Å². The highest BCUT2D eigenvalue weighted by atomic mass is 35.5. The highest BCUT2D eigenvalue weighted by Gasteiger charge is 2.60. The zero-order valence-corrected chi connectivity index (χ0v) is 21.2. The van der Waals surface area contributed by atoms with E-state index in [-0.39, 0.29) is 33.5 Å². The van der Waals surface area contributed by atoms with Crippen LogP contribution in [0.15, 0.2) is 36.7 Å². The van der Waals surface area contributed by atoms with E-state index in [0.717, 1.165) is 44.1 Å². The smallest absolute Gasteiger partial charge is 0.358 e. The quantitative estimate of drug-likeness (QED) is 0.325. The lowest BCUT2D eigenvalue weighted by atomic mass is 9.46. The van der Waals surface area contributed by atoms with Crippen LogP contribution in [-0.2, 0) is 16.9 Å². The maximum atomic E-state index is 13.2. The first-order valence-electron chi connectivity index (χ1n) is 12.6. The summed E-state index contributed by atoms with van der Waals surface area (Å²) < 4.78 is 16.7. The van der Waals surface area contributed by atoms with Gasteiger partial charge < -0.3 is 15.4 Å². The molecular weight excluding hydrogens is 499 g/mol. The minimum atomic E-state index is -0.522. The van der Waals surface area contributed by atoms with Crippen molar-refractivity contribution in [3.05, 3.63) is 68.9 Å². The number of halogens is 2. The van der Waals surface area contributed by atoms with Crippen LogP contribution in [0.3, 0.4) is 0 Å². The van der Waals surface area contributed by atoms with Gasteiger partial charge in [-0.05, 0) is 85.3 Å². The summed E-state index contributed by atoms with van der Waals surface area (Å²) in [5, 5.41) is 23.3. The van der Waals surface area contributed by atoms with Gasteiger partial charge in [0.05, 0.1) is 34.8 Å². The first kappa shape index (κ1) is 24.1. The lowest BCUT2D eigenvalue weighted by Crippen LogP contribution is -2.57. The van der Waals surface area contributed by atoms with E-state index in [1.807, 2.05) is 4.68 Å². The molecule has 1 aromatic carbocycles. The van der Waals surface area contributed by atoms with Gasteiger partial charge in [0.25, 0.3) is 0 Å². The molecule has 1 N–H and O–H groups in total. The number of nitro groups is 1. The van der Waals surface area contributed by atoms with Crippen LogP contribution in [0.4, 0.5) is 15.9 Å². The van der Waals surface area contributed by atoms with Crippen molar-refractivity contribution in [2.75, 3.05) is 5.32 Å². The lowest BCUT2D eigenvalue weighted by Gasteiger charge is -2.61. The predicted octanol–water partition coefficient (Wildman–Crippen LogP) is 5.46. The number of aromatic nitrogens is 4. The summed E-state index contributed by atoms with van der Waals surface area (Å²) in [4.78, 5) is 24.2. The number of anilines is 1. The van der Waals surface area contributed by atoms with Crippen molar-refractivity contribution in [3.8, 4) is 0 Å². The molecule has 0 radical (unpaired) electrons. The summed E-state index contributed by atoms with van der Waals surface area (Å²) in [7, 11) is 0. The van der Waals surface area contributed by atoms with Crippen LogP contribution in [0, 0.1) is 40.1 Å². The molecule has 4 fully saturated rings. The Balaban J connectivity index is 1.18. The molecule has 2 atom stereocenters.